The molecule has 7 nitrogen and oxygen atoms in total. The first-order valence-corrected chi connectivity index (χ1v) is 10.7. The van der Waals surface area contributed by atoms with Gasteiger partial charge in [-0.2, -0.15) is 0 Å². The van der Waals surface area contributed by atoms with Gasteiger partial charge in [-0.1, -0.05) is 0 Å². The Morgan fingerprint density at radius 3 is 2.41 bits per heavy atom. The summed E-state index contributed by atoms with van der Waals surface area (Å²) in [5.41, 5.74) is 1.04. The first kappa shape index (κ1) is 20.1. The molecule has 0 spiro atoms. The lowest BCUT2D eigenvalue weighted by molar-refractivity contribution is -0.384. The molecule has 1 aromatic carbocycles. The van der Waals surface area contributed by atoms with Crippen LogP contribution < -0.4 is 10.6 Å². The van der Waals surface area contributed by atoms with Gasteiger partial charge in [-0.3, -0.25) is 14.9 Å². The molecule has 0 aromatic heterocycles. The Hall–Kier alpha value is -2.15. The Labute approximate surface area is 171 Å². The molecule has 7 heteroatoms. The van der Waals surface area contributed by atoms with Gasteiger partial charge in [0.05, 0.1) is 17.1 Å². The monoisotopic (exact) mass is 401 g/mol. The smallest absolute Gasteiger partial charge is 0.270 e. The van der Waals surface area contributed by atoms with Gasteiger partial charge >= 0.3 is 0 Å². The van der Waals surface area contributed by atoms with E-state index in [4.69, 9.17) is 4.74 Å². The number of hydrogen-bond donors (Lipinski definition) is 2. The van der Waals surface area contributed by atoms with Gasteiger partial charge in [-0.25, -0.2) is 0 Å². The number of hydrogen-bond acceptors (Lipinski definition) is 5. The molecular weight excluding hydrogens is 370 g/mol. The van der Waals surface area contributed by atoms with Crippen LogP contribution in [0.4, 0.5) is 11.4 Å². The Bertz CT molecular complexity index is 759. The van der Waals surface area contributed by atoms with Gasteiger partial charge in [-0.05, 0) is 74.7 Å². The highest BCUT2D eigenvalue weighted by Gasteiger charge is 2.53. The van der Waals surface area contributed by atoms with Crippen LogP contribution in [-0.4, -0.2) is 37.1 Å². The lowest BCUT2D eigenvalue weighted by Crippen LogP contribution is -2.55. The highest BCUT2D eigenvalue weighted by molar-refractivity contribution is 6.00. The lowest BCUT2D eigenvalue weighted by atomic mass is 9.48. The van der Waals surface area contributed by atoms with E-state index in [0.29, 0.717) is 24.4 Å². The molecule has 4 aliphatic rings. The van der Waals surface area contributed by atoms with Crippen molar-refractivity contribution >= 4 is 17.3 Å². The summed E-state index contributed by atoms with van der Waals surface area (Å²) in [6, 6.07) is 4.47. The zero-order valence-corrected chi connectivity index (χ0v) is 17.3. The summed E-state index contributed by atoms with van der Waals surface area (Å²) in [5, 5.41) is 17.6. The Morgan fingerprint density at radius 1 is 1.24 bits per heavy atom. The van der Waals surface area contributed by atoms with Gasteiger partial charge in [0.1, 0.15) is 0 Å². The van der Waals surface area contributed by atoms with Crippen molar-refractivity contribution in [1.82, 2.24) is 5.32 Å². The number of rotatable bonds is 8. The number of carbonyl (C=O) groups excluding carboxylic acids is 1. The molecule has 1 aromatic rings. The highest BCUT2D eigenvalue weighted by atomic mass is 16.6. The molecule has 4 saturated carbocycles. The topological polar surface area (TPSA) is 93.5 Å². The largest absolute Gasteiger partial charge is 0.383 e. The number of methoxy groups -OCH3 is 1. The molecule has 4 bridgehead atoms. The van der Waals surface area contributed by atoms with E-state index in [1.807, 2.05) is 0 Å². The molecule has 1 amide bonds. The van der Waals surface area contributed by atoms with Crippen LogP contribution in [0.2, 0.25) is 0 Å². The molecule has 4 fully saturated rings. The number of nitrogens with zero attached hydrogens (tertiary/aromatic N) is 1. The van der Waals surface area contributed by atoms with Crippen molar-refractivity contribution in [1.29, 1.82) is 0 Å². The van der Waals surface area contributed by atoms with Crippen LogP contribution in [0.5, 0.6) is 0 Å². The Morgan fingerprint density at radius 2 is 1.86 bits per heavy atom. The minimum Gasteiger partial charge on any atom is -0.383 e. The molecule has 2 N–H and O–H groups in total. The van der Waals surface area contributed by atoms with Gasteiger partial charge in [-0.15, -0.1) is 0 Å². The van der Waals surface area contributed by atoms with Crippen molar-refractivity contribution in [2.45, 2.75) is 51.5 Å². The van der Waals surface area contributed by atoms with Crippen LogP contribution >= 0.6 is 0 Å². The average molecular weight is 402 g/mol. The average Bonchev–Trinajstić information content (AvgIpc) is 2.67. The van der Waals surface area contributed by atoms with E-state index in [1.165, 1.54) is 50.7 Å². The third-order valence-corrected chi connectivity index (χ3v) is 7.43. The molecule has 1 atom stereocenters. The fourth-order valence-corrected chi connectivity index (χ4v) is 6.41. The normalized spacial score (nSPS) is 30.8. The third-order valence-electron chi connectivity index (χ3n) is 7.43. The van der Waals surface area contributed by atoms with Gasteiger partial charge in [0.15, 0.2) is 0 Å². The lowest BCUT2D eigenvalue weighted by Gasteiger charge is -2.59. The highest BCUT2D eigenvalue weighted by Crippen LogP contribution is 2.61. The number of nitro benzene ring substituents is 1. The summed E-state index contributed by atoms with van der Waals surface area (Å²) >= 11 is 0. The Balaban J connectivity index is 1.52. The Kier molecular flexibility index (Phi) is 5.51. The second-order valence-electron chi connectivity index (χ2n) is 9.38. The van der Waals surface area contributed by atoms with E-state index >= 15 is 0 Å². The van der Waals surface area contributed by atoms with Crippen LogP contribution in [0.1, 0.15) is 55.8 Å². The fourth-order valence-electron chi connectivity index (χ4n) is 6.41. The molecule has 5 rings (SSSR count). The number of nitro groups is 1. The van der Waals surface area contributed by atoms with E-state index in [9.17, 15) is 14.9 Å². The summed E-state index contributed by atoms with van der Waals surface area (Å²) in [6.07, 6.45) is 7.69. The zero-order chi connectivity index (χ0) is 20.6. The van der Waals surface area contributed by atoms with Gasteiger partial charge < -0.3 is 15.4 Å². The molecule has 4 aliphatic carbocycles. The SMILES string of the molecule is COCCNc1ccc([N+](=O)[O-])cc1C(=O)N[C@@H](C)C12CC3CC(CC(C3)C1)C2. The third kappa shape index (κ3) is 3.97. The van der Waals surface area contributed by atoms with E-state index in [0.717, 1.165) is 17.8 Å². The number of non-ortho nitro benzene ring substituents is 1. The van der Waals surface area contributed by atoms with E-state index < -0.39 is 4.92 Å². The van der Waals surface area contributed by atoms with Gasteiger partial charge in [0.25, 0.3) is 11.6 Å². The number of ether oxygens (including phenoxy) is 1. The van der Waals surface area contributed by atoms with Crippen molar-refractivity contribution < 1.29 is 14.5 Å². The maximum Gasteiger partial charge on any atom is 0.270 e. The summed E-state index contributed by atoms with van der Waals surface area (Å²) in [6.45, 7) is 3.14. The van der Waals surface area contributed by atoms with E-state index in [2.05, 4.69) is 17.6 Å². The second kappa shape index (κ2) is 7.94. The van der Waals surface area contributed by atoms with Crippen molar-refractivity contribution in [2.24, 2.45) is 23.2 Å². The van der Waals surface area contributed by atoms with Crippen molar-refractivity contribution in [3.8, 4) is 0 Å². The molecule has 0 radical (unpaired) electrons. The van der Waals surface area contributed by atoms with Gasteiger partial charge in [0, 0.05) is 37.5 Å². The first-order chi connectivity index (χ1) is 13.9. The number of amides is 1. The molecule has 0 aliphatic heterocycles. The quantitative estimate of drug-likeness (QED) is 0.390. The summed E-state index contributed by atoms with van der Waals surface area (Å²) in [4.78, 5) is 23.9. The van der Waals surface area contributed by atoms with Crippen molar-refractivity contribution in [3.05, 3.63) is 33.9 Å². The summed E-state index contributed by atoms with van der Waals surface area (Å²) in [5.74, 6) is 2.19. The summed E-state index contributed by atoms with van der Waals surface area (Å²) in [7, 11) is 1.61. The first-order valence-electron chi connectivity index (χ1n) is 10.7. The minimum atomic E-state index is -0.460. The van der Waals surface area contributed by atoms with Crippen LogP contribution in [-0.2, 0) is 4.74 Å². The zero-order valence-electron chi connectivity index (χ0n) is 17.3. The van der Waals surface area contributed by atoms with E-state index in [-0.39, 0.29) is 23.1 Å². The molecule has 0 unspecified atom stereocenters. The van der Waals surface area contributed by atoms with Crippen molar-refractivity contribution in [2.75, 3.05) is 25.6 Å². The molecule has 0 saturated heterocycles. The fraction of sp³-hybridized carbons (Fsp3) is 0.682. The van der Waals surface area contributed by atoms with Gasteiger partial charge in [0.2, 0.25) is 0 Å². The van der Waals surface area contributed by atoms with Crippen LogP contribution in [0, 0.1) is 33.3 Å². The second-order valence-corrected chi connectivity index (χ2v) is 9.38. The number of nitrogens with one attached hydrogen (secondary N) is 2. The van der Waals surface area contributed by atoms with Crippen LogP contribution in [0.15, 0.2) is 18.2 Å². The molecule has 158 valence electrons. The maximum absolute atomic E-state index is 13.2. The minimum absolute atomic E-state index is 0.0643. The molecular formula is C22H31N3O4. The molecule has 29 heavy (non-hydrogen) atoms. The summed E-state index contributed by atoms with van der Waals surface area (Å²) < 4.78 is 5.06. The van der Waals surface area contributed by atoms with Crippen molar-refractivity contribution in [3.63, 3.8) is 0 Å². The number of carbonyl (C=O) groups is 1. The van der Waals surface area contributed by atoms with Crippen LogP contribution in [0.3, 0.4) is 0 Å². The standard InChI is InChI=1S/C22H31N3O4/c1-14(22-11-15-7-16(12-22)9-17(8-15)13-22)24-21(26)19-10-18(25(27)28)3-4-20(19)23-5-6-29-2/h3-4,10,14-17,23H,5-9,11-13H2,1-2H3,(H,24,26)/t14-,15?,16?,17?,22?/m0/s1. The predicted octanol–water partition coefficient (Wildman–Crippen LogP) is 3.99. The predicted molar refractivity (Wildman–Crippen MR) is 111 cm³/mol. The number of benzene rings is 1. The maximum atomic E-state index is 13.2. The molecule has 0 heterocycles. The number of anilines is 1. The van der Waals surface area contributed by atoms with Crippen LogP contribution in [0.25, 0.3) is 0 Å². The van der Waals surface area contributed by atoms with E-state index in [1.54, 1.807) is 13.2 Å².